The van der Waals surface area contributed by atoms with Gasteiger partial charge in [0.15, 0.2) is 0 Å². The van der Waals surface area contributed by atoms with Crippen molar-refractivity contribution in [3.8, 4) is 5.75 Å². The van der Waals surface area contributed by atoms with Crippen LogP contribution in [0.3, 0.4) is 0 Å². The quantitative estimate of drug-likeness (QED) is 0.799. The van der Waals surface area contributed by atoms with Gasteiger partial charge in [0.2, 0.25) is 0 Å². The minimum absolute atomic E-state index is 0.0178. The zero-order chi connectivity index (χ0) is 11.8. The van der Waals surface area contributed by atoms with E-state index in [-0.39, 0.29) is 4.90 Å². The molecule has 0 bridgehead atoms. The van der Waals surface area contributed by atoms with E-state index < -0.39 is 9.05 Å². The zero-order valence-corrected chi connectivity index (χ0v) is 11.5. The van der Waals surface area contributed by atoms with Crippen LogP contribution in [0, 0.1) is 5.92 Å². The van der Waals surface area contributed by atoms with Crippen molar-refractivity contribution in [3.05, 3.63) is 22.7 Å². The van der Waals surface area contributed by atoms with E-state index in [0.717, 1.165) is 12.8 Å². The van der Waals surface area contributed by atoms with Gasteiger partial charge in [-0.1, -0.05) is 15.9 Å². The summed E-state index contributed by atoms with van der Waals surface area (Å²) < 4.78 is 28.8. The van der Waals surface area contributed by atoms with Crippen LogP contribution in [0.5, 0.6) is 5.75 Å². The van der Waals surface area contributed by atoms with E-state index in [2.05, 4.69) is 15.9 Å². The number of benzene rings is 1. The van der Waals surface area contributed by atoms with E-state index >= 15 is 0 Å². The first-order valence-corrected chi connectivity index (χ1v) is 7.94. The van der Waals surface area contributed by atoms with Crippen LogP contribution in [0.4, 0.5) is 0 Å². The summed E-state index contributed by atoms with van der Waals surface area (Å²) >= 11 is 3.20. The molecule has 88 valence electrons. The Balaban J connectivity index is 2.27. The smallest absolute Gasteiger partial charge is 0.265 e. The number of hydrogen-bond acceptors (Lipinski definition) is 3. The lowest BCUT2D eigenvalue weighted by Crippen LogP contribution is -2.03. The first-order valence-electron chi connectivity index (χ1n) is 4.84. The van der Waals surface area contributed by atoms with Crippen molar-refractivity contribution in [2.75, 3.05) is 6.61 Å². The molecule has 1 aromatic carbocycles. The monoisotopic (exact) mass is 324 g/mol. The second-order valence-corrected chi connectivity index (χ2v) is 7.23. The maximum Gasteiger partial charge on any atom is 0.265 e. The second kappa shape index (κ2) is 4.55. The first-order chi connectivity index (χ1) is 7.47. The zero-order valence-electron chi connectivity index (χ0n) is 8.32. The van der Waals surface area contributed by atoms with Gasteiger partial charge in [0.25, 0.3) is 9.05 Å². The van der Waals surface area contributed by atoms with Crippen molar-refractivity contribution in [1.29, 1.82) is 0 Å². The molecule has 0 aromatic heterocycles. The van der Waals surface area contributed by atoms with Gasteiger partial charge in [0.1, 0.15) is 10.6 Å². The van der Waals surface area contributed by atoms with E-state index in [1.54, 1.807) is 12.1 Å². The summed E-state index contributed by atoms with van der Waals surface area (Å²) in [4.78, 5) is 0.0178. The van der Waals surface area contributed by atoms with Crippen LogP contribution in [0.2, 0.25) is 0 Å². The fraction of sp³-hybridized carbons (Fsp3) is 0.400. The lowest BCUT2D eigenvalue weighted by molar-refractivity contribution is 0.292. The highest BCUT2D eigenvalue weighted by Gasteiger charge is 2.24. The molecule has 1 aliphatic rings. The molecule has 0 unspecified atom stereocenters. The van der Waals surface area contributed by atoms with Crippen molar-refractivity contribution in [2.24, 2.45) is 5.92 Å². The maximum absolute atomic E-state index is 11.3. The molecule has 0 saturated heterocycles. The summed E-state index contributed by atoms with van der Waals surface area (Å²) in [5, 5.41) is 0. The van der Waals surface area contributed by atoms with Gasteiger partial charge < -0.3 is 4.74 Å². The molecule has 0 aliphatic heterocycles. The standard InChI is InChI=1S/C10H10BrClO3S/c11-8-3-4-9(15-6-7-1-2-7)10(5-8)16(12,13)14/h3-5,7H,1-2,6H2. The average Bonchev–Trinajstić information content (AvgIpc) is 2.98. The van der Waals surface area contributed by atoms with E-state index in [1.807, 2.05) is 0 Å². The van der Waals surface area contributed by atoms with Crippen molar-refractivity contribution < 1.29 is 13.2 Å². The van der Waals surface area contributed by atoms with Crippen LogP contribution in [0.15, 0.2) is 27.6 Å². The van der Waals surface area contributed by atoms with Gasteiger partial charge in [-0.05, 0) is 37.0 Å². The van der Waals surface area contributed by atoms with Gasteiger partial charge in [-0.25, -0.2) is 8.42 Å². The number of rotatable bonds is 4. The summed E-state index contributed by atoms with van der Waals surface area (Å²) in [5.41, 5.74) is 0. The van der Waals surface area contributed by atoms with Crippen LogP contribution in [-0.2, 0) is 9.05 Å². The summed E-state index contributed by atoms with van der Waals surface area (Å²) in [5.74, 6) is 0.889. The second-order valence-electron chi connectivity index (χ2n) is 3.78. The van der Waals surface area contributed by atoms with Gasteiger partial charge in [-0.2, -0.15) is 0 Å². The van der Waals surface area contributed by atoms with Crippen molar-refractivity contribution in [3.63, 3.8) is 0 Å². The Hall–Kier alpha value is -0.260. The number of ether oxygens (including phenoxy) is 1. The molecule has 1 aliphatic carbocycles. The minimum Gasteiger partial charge on any atom is -0.492 e. The summed E-state index contributed by atoms with van der Waals surface area (Å²) in [6, 6.07) is 4.79. The SMILES string of the molecule is O=S(=O)(Cl)c1cc(Br)ccc1OCC1CC1. The van der Waals surface area contributed by atoms with E-state index in [0.29, 0.717) is 22.7 Å². The van der Waals surface area contributed by atoms with Crippen LogP contribution >= 0.6 is 26.6 Å². The van der Waals surface area contributed by atoms with Gasteiger partial charge in [0, 0.05) is 15.2 Å². The van der Waals surface area contributed by atoms with E-state index in [4.69, 9.17) is 15.4 Å². The molecule has 16 heavy (non-hydrogen) atoms. The van der Waals surface area contributed by atoms with Crippen molar-refractivity contribution in [1.82, 2.24) is 0 Å². The topological polar surface area (TPSA) is 43.4 Å². The third-order valence-electron chi connectivity index (χ3n) is 2.34. The van der Waals surface area contributed by atoms with Crippen LogP contribution in [-0.4, -0.2) is 15.0 Å². The highest BCUT2D eigenvalue weighted by atomic mass is 79.9. The van der Waals surface area contributed by atoms with Crippen LogP contribution in [0.1, 0.15) is 12.8 Å². The lowest BCUT2D eigenvalue weighted by Gasteiger charge is -2.09. The molecule has 0 atom stereocenters. The minimum atomic E-state index is -3.77. The Morgan fingerprint density at radius 2 is 2.12 bits per heavy atom. The average molecular weight is 326 g/mol. The summed E-state index contributed by atoms with van der Waals surface area (Å²) in [7, 11) is 1.57. The molecule has 3 nitrogen and oxygen atoms in total. The van der Waals surface area contributed by atoms with E-state index in [1.165, 1.54) is 6.07 Å². The predicted octanol–water partition coefficient (Wildman–Crippen LogP) is 3.17. The molecule has 0 spiro atoms. The molecule has 2 rings (SSSR count). The Kier molecular flexibility index (Phi) is 3.47. The molecule has 0 radical (unpaired) electrons. The Labute approximate surface area is 107 Å². The molecular weight excluding hydrogens is 316 g/mol. The normalized spacial score (nSPS) is 16.1. The molecule has 1 saturated carbocycles. The Morgan fingerprint density at radius 3 is 2.69 bits per heavy atom. The molecule has 0 heterocycles. The highest BCUT2D eigenvalue weighted by molar-refractivity contribution is 9.10. The summed E-state index contributed by atoms with van der Waals surface area (Å²) in [6.45, 7) is 0.557. The van der Waals surface area contributed by atoms with Crippen LogP contribution < -0.4 is 4.74 Å². The van der Waals surface area contributed by atoms with Crippen molar-refractivity contribution in [2.45, 2.75) is 17.7 Å². The molecule has 1 fully saturated rings. The summed E-state index contributed by atoms with van der Waals surface area (Å²) in [6.07, 6.45) is 2.30. The van der Waals surface area contributed by atoms with Crippen molar-refractivity contribution >= 4 is 35.7 Å². The lowest BCUT2D eigenvalue weighted by atomic mass is 10.3. The molecule has 1 aromatic rings. The first kappa shape index (κ1) is 12.2. The van der Waals surface area contributed by atoms with Gasteiger partial charge >= 0.3 is 0 Å². The fourth-order valence-electron chi connectivity index (χ4n) is 1.28. The highest BCUT2D eigenvalue weighted by Crippen LogP contribution is 2.33. The largest absolute Gasteiger partial charge is 0.492 e. The fourth-order valence-corrected chi connectivity index (χ4v) is 2.79. The molecule has 0 N–H and O–H groups in total. The Morgan fingerprint density at radius 1 is 1.44 bits per heavy atom. The van der Waals surface area contributed by atoms with Gasteiger partial charge in [-0.3, -0.25) is 0 Å². The third kappa shape index (κ3) is 3.12. The molecule has 0 amide bonds. The number of halogens is 2. The molecule has 6 heteroatoms. The van der Waals surface area contributed by atoms with Crippen LogP contribution in [0.25, 0.3) is 0 Å². The van der Waals surface area contributed by atoms with Gasteiger partial charge in [0.05, 0.1) is 6.61 Å². The Bertz CT molecular complexity index is 497. The number of hydrogen-bond donors (Lipinski definition) is 0. The molecular formula is C10H10BrClO3S. The third-order valence-corrected chi connectivity index (χ3v) is 4.18. The van der Waals surface area contributed by atoms with E-state index in [9.17, 15) is 8.42 Å². The maximum atomic E-state index is 11.3. The predicted molar refractivity (Wildman–Crippen MR) is 65.4 cm³/mol. The van der Waals surface area contributed by atoms with Gasteiger partial charge in [-0.15, -0.1) is 0 Å².